The third-order valence-corrected chi connectivity index (χ3v) is 8.68. The van der Waals surface area contributed by atoms with Gasteiger partial charge in [-0.15, -0.1) is 0 Å². The van der Waals surface area contributed by atoms with E-state index in [4.69, 9.17) is 0 Å². The Morgan fingerprint density at radius 2 is 1.64 bits per heavy atom. The van der Waals surface area contributed by atoms with Crippen LogP contribution in [0.1, 0.15) is 11.1 Å². The predicted molar refractivity (Wildman–Crippen MR) is 129 cm³/mol. The van der Waals surface area contributed by atoms with Gasteiger partial charge in [0.1, 0.15) is 10.8 Å². The molecular weight excluding hydrogens is 458 g/mol. The normalized spacial score (nSPS) is 15.3. The van der Waals surface area contributed by atoms with Gasteiger partial charge in [-0.3, -0.25) is 4.79 Å². The van der Waals surface area contributed by atoms with Crippen molar-refractivity contribution in [3.8, 4) is 10.6 Å². The first-order valence-corrected chi connectivity index (χ1v) is 12.9. The highest BCUT2D eigenvalue weighted by Gasteiger charge is 2.29. The number of benzene rings is 2. The molecule has 1 fully saturated rings. The van der Waals surface area contributed by atoms with Crippen molar-refractivity contribution in [2.24, 2.45) is 0 Å². The fourth-order valence-electron chi connectivity index (χ4n) is 3.90. The van der Waals surface area contributed by atoms with Crippen LogP contribution in [0, 0.1) is 13.8 Å². The molecule has 10 heteroatoms. The van der Waals surface area contributed by atoms with Crippen LogP contribution in [0.3, 0.4) is 0 Å². The van der Waals surface area contributed by atoms with Crippen LogP contribution in [0.25, 0.3) is 15.5 Å². The first-order valence-electron chi connectivity index (χ1n) is 10.6. The second-order valence-corrected chi connectivity index (χ2v) is 11.0. The summed E-state index contributed by atoms with van der Waals surface area (Å²) < 4.78 is 28.8. The molecule has 8 nitrogen and oxygen atoms in total. The Morgan fingerprint density at radius 1 is 0.939 bits per heavy atom. The van der Waals surface area contributed by atoms with E-state index in [0.717, 1.165) is 21.7 Å². The summed E-state index contributed by atoms with van der Waals surface area (Å²) in [6, 6.07) is 16.3. The maximum atomic E-state index is 13.0. The van der Waals surface area contributed by atoms with E-state index in [0.29, 0.717) is 41.9 Å². The highest BCUT2D eigenvalue weighted by atomic mass is 32.2. The van der Waals surface area contributed by atoms with Crippen LogP contribution in [-0.4, -0.2) is 53.5 Å². The van der Waals surface area contributed by atoms with E-state index < -0.39 is 10.0 Å². The summed E-state index contributed by atoms with van der Waals surface area (Å²) in [6.07, 6.45) is 0. The van der Waals surface area contributed by atoms with Crippen molar-refractivity contribution in [2.45, 2.75) is 18.7 Å². The molecule has 4 aromatic rings. The third-order valence-electron chi connectivity index (χ3n) is 5.83. The molecule has 0 atom stereocenters. The summed E-state index contributed by atoms with van der Waals surface area (Å²) in [5.74, 6) is 0.548. The Kier molecular flexibility index (Phi) is 5.51. The number of anilines is 1. The van der Waals surface area contributed by atoms with E-state index in [9.17, 15) is 13.2 Å². The van der Waals surface area contributed by atoms with E-state index in [2.05, 4.69) is 10.1 Å². The number of fused-ring (bicyclic) bond motifs is 1. The van der Waals surface area contributed by atoms with Gasteiger partial charge < -0.3 is 4.90 Å². The largest absolute Gasteiger partial charge is 0.354 e. The molecule has 0 saturated carbocycles. The summed E-state index contributed by atoms with van der Waals surface area (Å²) >= 11 is 1.37. The molecule has 0 radical (unpaired) electrons. The number of aryl methyl sites for hydroxylation is 2. The number of hydrogen-bond acceptors (Lipinski definition) is 7. The average molecular weight is 482 g/mol. The first kappa shape index (κ1) is 21.7. The van der Waals surface area contributed by atoms with Crippen LogP contribution in [0.2, 0.25) is 0 Å². The lowest BCUT2D eigenvalue weighted by atomic mass is 10.1. The van der Waals surface area contributed by atoms with Gasteiger partial charge >= 0.3 is 0 Å². The minimum absolute atomic E-state index is 0.249. The van der Waals surface area contributed by atoms with E-state index in [1.807, 2.05) is 43.0 Å². The molecule has 0 N–H and O–H groups in total. The summed E-state index contributed by atoms with van der Waals surface area (Å²) in [6.45, 7) is 5.50. The molecule has 5 rings (SSSR count). The van der Waals surface area contributed by atoms with Crippen LogP contribution in [0.4, 0.5) is 5.82 Å². The fourth-order valence-corrected chi connectivity index (χ4v) is 6.31. The van der Waals surface area contributed by atoms with Gasteiger partial charge in [0.25, 0.3) is 5.56 Å². The fraction of sp³-hybridized carbons (Fsp3) is 0.261. The van der Waals surface area contributed by atoms with Gasteiger partial charge in [0.05, 0.1) is 4.90 Å². The van der Waals surface area contributed by atoms with Crippen molar-refractivity contribution >= 4 is 32.1 Å². The lowest BCUT2D eigenvalue weighted by Crippen LogP contribution is -2.49. The molecule has 2 aromatic heterocycles. The zero-order chi connectivity index (χ0) is 23.2. The molecule has 1 saturated heterocycles. The molecule has 2 aromatic carbocycles. The van der Waals surface area contributed by atoms with Crippen LogP contribution < -0.4 is 10.5 Å². The smallest absolute Gasteiger partial charge is 0.277 e. The minimum Gasteiger partial charge on any atom is -0.354 e. The number of sulfonamides is 1. The Morgan fingerprint density at radius 3 is 2.33 bits per heavy atom. The number of nitrogens with zero attached hydrogens (tertiary/aromatic N) is 5. The zero-order valence-electron chi connectivity index (χ0n) is 18.3. The quantitative estimate of drug-likeness (QED) is 0.445. The molecule has 3 heterocycles. The highest BCUT2D eigenvalue weighted by molar-refractivity contribution is 7.89. The highest BCUT2D eigenvalue weighted by Crippen LogP contribution is 2.28. The van der Waals surface area contributed by atoms with E-state index in [1.165, 1.54) is 26.2 Å². The van der Waals surface area contributed by atoms with Crippen LogP contribution in [-0.2, 0) is 10.0 Å². The van der Waals surface area contributed by atoms with Gasteiger partial charge in [0.15, 0.2) is 0 Å². The van der Waals surface area contributed by atoms with Crippen molar-refractivity contribution in [1.82, 2.24) is 18.9 Å². The molecule has 0 aliphatic carbocycles. The van der Waals surface area contributed by atoms with Gasteiger partial charge in [0.2, 0.25) is 15.0 Å². The molecule has 1 aliphatic rings. The summed E-state index contributed by atoms with van der Waals surface area (Å²) in [5.41, 5.74) is 2.82. The minimum atomic E-state index is -3.55. The van der Waals surface area contributed by atoms with Crippen LogP contribution in [0.5, 0.6) is 0 Å². The molecule has 0 amide bonds. The van der Waals surface area contributed by atoms with Crippen molar-refractivity contribution < 1.29 is 8.42 Å². The molecule has 33 heavy (non-hydrogen) atoms. The summed E-state index contributed by atoms with van der Waals surface area (Å²) in [7, 11) is -3.55. The first-order chi connectivity index (χ1) is 15.8. The van der Waals surface area contributed by atoms with Gasteiger partial charge in [-0.25, -0.2) is 13.4 Å². The maximum absolute atomic E-state index is 13.0. The Bertz CT molecular complexity index is 1480. The Hall–Kier alpha value is -3.08. The summed E-state index contributed by atoms with van der Waals surface area (Å²) in [4.78, 5) is 20.2. The van der Waals surface area contributed by atoms with Crippen molar-refractivity contribution in [1.29, 1.82) is 0 Å². The summed E-state index contributed by atoms with van der Waals surface area (Å²) in [5, 5.41) is 5.21. The Labute approximate surface area is 195 Å². The number of rotatable bonds is 4. The molecule has 1 aliphatic heterocycles. The molecule has 0 spiro atoms. The molecule has 170 valence electrons. The Balaban J connectivity index is 1.38. The standard InChI is InChI=1S/C23H23N5O3S2/c1-16-7-9-18(10-8-16)33(30,31)27-13-11-26(12-14-27)20-15-21(29)28-23(24-20)32-22(25-28)19-6-4-3-5-17(19)2/h3-10,15H,11-14H2,1-2H3. The molecule has 0 unspecified atom stereocenters. The van der Waals surface area contributed by atoms with E-state index in [-0.39, 0.29) is 5.56 Å². The topological polar surface area (TPSA) is 87.9 Å². The van der Waals surface area contributed by atoms with E-state index >= 15 is 0 Å². The lowest BCUT2D eigenvalue weighted by Gasteiger charge is -2.34. The lowest BCUT2D eigenvalue weighted by molar-refractivity contribution is 0.384. The third kappa shape index (κ3) is 4.05. The van der Waals surface area contributed by atoms with Crippen molar-refractivity contribution in [3.63, 3.8) is 0 Å². The van der Waals surface area contributed by atoms with Gasteiger partial charge in [-0.1, -0.05) is 53.3 Å². The molecular formula is C23H23N5O3S2. The average Bonchev–Trinajstić information content (AvgIpc) is 3.24. The van der Waals surface area contributed by atoms with Crippen molar-refractivity contribution in [3.05, 3.63) is 76.1 Å². The van der Waals surface area contributed by atoms with Gasteiger partial charge in [-0.05, 0) is 31.5 Å². The predicted octanol–water partition coefficient (Wildman–Crippen LogP) is 2.95. The number of hydrogen-bond donors (Lipinski definition) is 0. The van der Waals surface area contributed by atoms with Crippen molar-refractivity contribution in [2.75, 3.05) is 31.1 Å². The van der Waals surface area contributed by atoms with Crippen LogP contribution >= 0.6 is 11.3 Å². The van der Waals surface area contributed by atoms with E-state index in [1.54, 1.807) is 24.3 Å². The SMILES string of the molecule is Cc1ccc(S(=O)(=O)N2CCN(c3cc(=O)n4nc(-c5ccccc5C)sc4n3)CC2)cc1. The van der Waals surface area contributed by atoms with Gasteiger partial charge in [-0.2, -0.15) is 13.9 Å². The monoisotopic (exact) mass is 481 g/mol. The molecule has 0 bridgehead atoms. The number of aromatic nitrogens is 3. The number of piperazine rings is 1. The second-order valence-electron chi connectivity index (χ2n) is 8.07. The zero-order valence-corrected chi connectivity index (χ0v) is 19.9. The van der Waals surface area contributed by atoms with Crippen LogP contribution in [0.15, 0.2) is 64.3 Å². The van der Waals surface area contributed by atoms with Gasteiger partial charge in [0, 0.05) is 37.8 Å². The maximum Gasteiger partial charge on any atom is 0.277 e. The second kappa shape index (κ2) is 8.36.